The number of halogens is 1. The molecule has 6 nitrogen and oxygen atoms in total. The van der Waals surface area contributed by atoms with E-state index in [4.69, 9.17) is 9.47 Å². The van der Waals surface area contributed by atoms with Crippen molar-refractivity contribution < 1.29 is 9.47 Å². The third kappa shape index (κ3) is 6.67. The third-order valence-corrected chi connectivity index (χ3v) is 5.96. The Hall–Kier alpha value is -1.68. The molecule has 1 fully saturated rings. The molecule has 160 valence electrons. The normalized spacial score (nSPS) is 14.9. The maximum Gasteiger partial charge on any atom is 0.191 e. The Morgan fingerprint density at radius 1 is 1.17 bits per heavy atom. The van der Waals surface area contributed by atoms with Gasteiger partial charge < -0.3 is 25.0 Å². The number of hydrogen-bond acceptors (Lipinski definition) is 5. The van der Waals surface area contributed by atoms with Crippen molar-refractivity contribution in [3.05, 3.63) is 41.3 Å². The molecule has 1 aliphatic heterocycles. The van der Waals surface area contributed by atoms with Crippen LogP contribution >= 0.6 is 35.3 Å². The minimum atomic E-state index is 0. The van der Waals surface area contributed by atoms with Gasteiger partial charge in [-0.3, -0.25) is 4.99 Å². The van der Waals surface area contributed by atoms with Gasteiger partial charge in [-0.15, -0.1) is 35.3 Å². The summed E-state index contributed by atoms with van der Waals surface area (Å²) in [5.41, 5.74) is 1.20. The largest absolute Gasteiger partial charge is 0.493 e. The number of guanidine groups is 1. The summed E-state index contributed by atoms with van der Waals surface area (Å²) in [4.78, 5) is 6.85. The van der Waals surface area contributed by atoms with Crippen LogP contribution in [0.15, 0.2) is 40.7 Å². The number of hydrogen-bond donors (Lipinski definition) is 2. The third-order valence-electron chi connectivity index (χ3n) is 5.03. The van der Waals surface area contributed by atoms with Gasteiger partial charge in [0.05, 0.1) is 19.2 Å². The number of ether oxygens (including phenoxy) is 2. The molecule has 0 saturated carbocycles. The van der Waals surface area contributed by atoms with E-state index >= 15 is 0 Å². The molecule has 29 heavy (non-hydrogen) atoms. The molecule has 0 bridgehead atoms. The Kier molecular flexibility index (Phi) is 9.86. The van der Waals surface area contributed by atoms with Crippen LogP contribution in [0, 0.1) is 0 Å². The molecule has 0 amide bonds. The van der Waals surface area contributed by atoms with Gasteiger partial charge in [-0.2, -0.15) is 0 Å². The van der Waals surface area contributed by atoms with Crippen molar-refractivity contribution in [2.45, 2.75) is 25.3 Å². The van der Waals surface area contributed by atoms with Gasteiger partial charge in [0.25, 0.3) is 0 Å². The maximum absolute atomic E-state index is 5.38. The number of thiophene rings is 1. The molecule has 1 aliphatic rings. The van der Waals surface area contributed by atoms with E-state index < -0.39 is 0 Å². The van der Waals surface area contributed by atoms with E-state index in [1.807, 2.05) is 30.5 Å². The lowest BCUT2D eigenvalue weighted by Gasteiger charge is -2.33. The number of nitrogens with zero attached hydrogens (tertiary/aromatic N) is 2. The predicted octanol–water partition coefficient (Wildman–Crippen LogP) is 3.76. The Morgan fingerprint density at radius 3 is 2.55 bits per heavy atom. The highest BCUT2D eigenvalue weighted by molar-refractivity contribution is 14.0. The Bertz CT molecular complexity index is 762. The monoisotopic (exact) mass is 530 g/mol. The van der Waals surface area contributed by atoms with Crippen LogP contribution in [0.25, 0.3) is 0 Å². The molecule has 8 heteroatoms. The van der Waals surface area contributed by atoms with Gasteiger partial charge in [0, 0.05) is 32.7 Å². The number of rotatable bonds is 7. The number of benzene rings is 1. The van der Waals surface area contributed by atoms with Crippen LogP contribution in [0.1, 0.15) is 18.4 Å². The molecular formula is C21H31IN4O2S. The Morgan fingerprint density at radius 2 is 1.93 bits per heavy atom. The number of aliphatic imine (C=N–C) groups is 1. The summed E-state index contributed by atoms with van der Waals surface area (Å²) in [6.45, 7) is 2.98. The van der Waals surface area contributed by atoms with E-state index in [0.29, 0.717) is 6.04 Å². The Labute approximate surface area is 194 Å². The van der Waals surface area contributed by atoms with Crippen LogP contribution < -0.4 is 25.0 Å². The summed E-state index contributed by atoms with van der Waals surface area (Å²) in [7, 11) is 5.14. The molecule has 0 spiro atoms. The first-order valence-electron chi connectivity index (χ1n) is 9.70. The lowest BCUT2D eigenvalue weighted by molar-refractivity contribution is 0.354. The molecule has 0 atom stereocenters. The first-order valence-corrected chi connectivity index (χ1v) is 10.6. The van der Waals surface area contributed by atoms with Crippen molar-refractivity contribution >= 4 is 46.3 Å². The van der Waals surface area contributed by atoms with Crippen LogP contribution in [-0.4, -0.2) is 52.9 Å². The van der Waals surface area contributed by atoms with Crippen molar-refractivity contribution in [1.29, 1.82) is 0 Å². The van der Waals surface area contributed by atoms with Crippen molar-refractivity contribution in [2.24, 2.45) is 4.99 Å². The molecular weight excluding hydrogens is 499 g/mol. The second-order valence-corrected chi connectivity index (χ2v) is 7.72. The lowest BCUT2D eigenvalue weighted by atomic mass is 10.1. The van der Waals surface area contributed by atoms with Gasteiger partial charge in [-0.25, -0.2) is 0 Å². The molecule has 2 N–H and O–H groups in total. The fourth-order valence-corrected chi connectivity index (χ4v) is 4.23. The number of nitrogens with one attached hydrogen (secondary N) is 2. The van der Waals surface area contributed by atoms with E-state index in [0.717, 1.165) is 56.4 Å². The zero-order valence-electron chi connectivity index (χ0n) is 17.3. The molecule has 1 aromatic heterocycles. The van der Waals surface area contributed by atoms with E-state index in [9.17, 15) is 0 Å². The number of methoxy groups -OCH3 is 2. The van der Waals surface area contributed by atoms with E-state index in [2.05, 4.69) is 44.1 Å². The lowest BCUT2D eigenvalue weighted by Crippen LogP contribution is -2.49. The van der Waals surface area contributed by atoms with Crippen molar-refractivity contribution in [3.63, 3.8) is 0 Å². The molecule has 0 radical (unpaired) electrons. The quantitative estimate of drug-likeness (QED) is 0.325. The predicted molar refractivity (Wildman–Crippen MR) is 133 cm³/mol. The SMILES string of the molecule is CN=C(NCCc1ccc(OC)c(OC)c1)NC1CCN(c2cccs2)CC1.I. The van der Waals surface area contributed by atoms with Gasteiger partial charge in [-0.1, -0.05) is 6.07 Å². The topological polar surface area (TPSA) is 58.1 Å². The highest BCUT2D eigenvalue weighted by Gasteiger charge is 2.20. The minimum Gasteiger partial charge on any atom is -0.493 e. The van der Waals surface area contributed by atoms with Gasteiger partial charge in [0.15, 0.2) is 17.5 Å². The summed E-state index contributed by atoms with van der Waals surface area (Å²) >= 11 is 1.82. The second kappa shape index (κ2) is 12.1. The number of anilines is 1. The van der Waals surface area contributed by atoms with Gasteiger partial charge >= 0.3 is 0 Å². The minimum absolute atomic E-state index is 0. The molecule has 0 unspecified atom stereocenters. The highest BCUT2D eigenvalue weighted by Crippen LogP contribution is 2.27. The average molecular weight is 530 g/mol. The zero-order valence-corrected chi connectivity index (χ0v) is 20.5. The van der Waals surface area contributed by atoms with Crippen LogP contribution in [0.3, 0.4) is 0 Å². The summed E-state index contributed by atoms with van der Waals surface area (Å²) in [5.74, 6) is 2.39. The fourth-order valence-electron chi connectivity index (χ4n) is 3.44. The maximum atomic E-state index is 5.38. The Balaban J connectivity index is 0.00000300. The second-order valence-electron chi connectivity index (χ2n) is 6.80. The molecule has 1 saturated heterocycles. The fraction of sp³-hybridized carbons (Fsp3) is 0.476. The first-order chi connectivity index (χ1) is 13.7. The number of piperidine rings is 1. The zero-order chi connectivity index (χ0) is 19.8. The molecule has 3 rings (SSSR count). The first kappa shape index (κ1) is 23.6. The summed E-state index contributed by atoms with van der Waals surface area (Å²) < 4.78 is 10.7. The van der Waals surface area contributed by atoms with Crippen molar-refractivity contribution in [3.8, 4) is 11.5 Å². The summed E-state index contributed by atoms with van der Waals surface area (Å²) in [6, 6.07) is 10.8. The molecule has 2 aromatic rings. The molecule has 0 aliphatic carbocycles. The van der Waals surface area contributed by atoms with Gasteiger partial charge in [0.1, 0.15) is 0 Å². The molecule has 1 aromatic carbocycles. The summed E-state index contributed by atoms with van der Waals surface area (Å²) in [6.07, 6.45) is 3.13. The summed E-state index contributed by atoms with van der Waals surface area (Å²) in [5, 5.41) is 10.5. The smallest absolute Gasteiger partial charge is 0.191 e. The van der Waals surface area contributed by atoms with Crippen LogP contribution in [0.4, 0.5) is 5.00 Å². The highest BCUT2D eigenvalue weighted by atomic mass is 127. The van der Waals surface area contributed by atoms with E-state index in [1.165, 1.54) is 10.6 Å². The van der Waals surface area contributed by atoms with E-state index in [-0.39, 0.29) is 24.0 Å². The van der Waals surface area contributed by atoms with Crippen LogP contribution in [0.5, 0.6) is 11.5 Å². The average Bonchev–Trinajstić information content (AvgIpc) is 3.28. The van der Waals surface area contributed by atoms with Crippen molar-refractivity contribution in [2.75, 3.05) is 45.8 Å². The van der Waals surface area contributed by atoms with Crippen LogP contribution in [-0.2, 0) is 6.42 Å². The standard InChI is InChI=1S/C21H30N4O2S.HI/c1-22-21(23-11-8-16-6-7-18(26-2)19(15-16)27-3)24-17-9-12-25(13-10-17)20-5-4-14-28-20;/h4-7,14-15,17H,8-13H2,1-3H3,(H2,22,23,24);1H. The van der Waals surface area contributed by atoms with Crippen LogP contribution in [0.2, 0.25) is 0 Å². The van der Waals surface area contributed by atoms with Crippen molar-refractivity contribution in [1.82, 2.24) is 10.6 Å². The molecule has 2 heterocycles. The van der Waals surface area contributed by atoms with E-state index in [1.54, 1.807) is 14.2 Å². The van der Waals surface area contributed by atoms with Gasteiger partial charge in [0.2, 0.25) is 0 Å². The van der Waals surface area contributed by atoms with Gasteiger partial charge in [-0.05, 0) is 54.5 Å².